The number of aryl methyl sites for hydroxylation is 2. The van der Waals surface area contributed by atoms with Crippen molar-refractivity contribution in [3.05, 3.63) is 41.2 Å². The van der Waals surface area contributed by atoms with Gasteiger partial charge in [0.2, 0.25) is 0 Å². The van der Waals surface area contributed by atoms with Crippen LogP contribution in [0.2, 0.25) is 0 Å². The maximum absolute atomic E-state index is 9.37. The molecule has 0 amide bonds. The summed E-state index contributed by atoms with van der Waals surface area (Å²) in [5.74, 6) is 1.41. The van der Waals surface area contributed by atoms with Crippen molar-refractivity contribution in [2.24, 2.45) is 5.92 Å². The first-order valence-electron chi connectivity index (χ1n) is 8.37. The summed E-state index contributed by atoms with van der Waals surface area (Å²) >= 11 is 0. The highest BCUT2D eigenvalue weighted by molar-refractivity contribution is 5.27. The molecule has 1 aromatic carbocycles. The first-order valence-corrected chi connectivity index (χ1v) is 8.37. The topological polar surface area (TPSA) is 60.2 Å². The number of aliphatic hydroxyl groups excluding tert-OH is 1. The summed E-state index contributed by atoms with van der Waals surface area (Å²) < 4.78 is 7.67. The first kappa shape index (κ1) is 17.5. The van der Waals surface area contributed by atoms with E-state index in [-0.39, 0.29) is 6.61 Å². The number of aliphatic hydroxyl groups is 1. The molecule has 0 unspecified atom stereocenters. The zero-order chi connectivity index (χ0) is 16.7. The zero-order valence-corrected chi connectivity index (χ0v) is 14.3. The van der Waals surface area contributed by atoms with Crippen LogP contribution in [0.1, 0.15) is 44.1 Å². The summed E-state index contributed by atoms with van der Waals surface area (Å²) in [5, 5.41) is 17.6. The van der Waals surface area contributed by atoms with E-state index in [1.165, 1.54) is 5.56 Å². The van der Waals surface area contributed by atoms with Crippen molar-refractivity contribution in [1.82, 2.24) is 15.0 Å². The average Bonchev–Trinajstić information content (AvgIpc) is 2.93. The third-order valence-electron chi connectivity index (χ3n) is 3.78. The normalized spacial score (nSPS) is 11.2. The van der Waals surface area contributed by atoms with E-state index < -0.39 is 0 Å². The molecule has 0 aliphatic rings. The van der Waals surface area contributed by atoms with Crippen LogP contribution in [-0.2, 0) is 26.0 Å². The van der Waals surface area contributed by atoms with Gasteiger partial charge in [-0.1, -0.05) is 38.1 Å². The molecule has 0 atom stereocenters. The van der Waals surface area contributed by atoms with E-state index in [1.54, 1.807) is 0 Å². The smallest absolute Gasteiger partial charge is 0.119 e. The Morgan fingerprint density at radius 2 is 1.96 bits per heavy atom. The second-order valence-electron chi connectivity index (χ2n) is 6.16. The fraction of sp³-hybridized carbons (Fsp3) is 0.556. The summed E-state index contributed by atoms with van der Waals surface area (Å²) in [5.41, 5.74) is 3.04. The molecule has 2 aromatic rings. The highest BCUT2D eigenvalue weighted by Crippen LogP contribution is 2.14. The van der Waals surface area contributed by atoms with Gasteiger partial charge in [0, 0.05) is 13.0 Å². The first-order chi connectivity index (χ1) is 11.1. The number of aromatic nitrogens is 3. The lowest BCUT2D eigenvalue weighted by molar-refractivity contribution is 0.274. The van der Waals surface area contributed by atoms with Gasteiger partial charge >= 0.3 is 0 Å². The fourth-order valence-corrected chi connectivity index (χ4v) is 2.51. The minimum absolute atomic E-state index is 0.0532. The van der Waals surface area contributed by atoms with Crippen molar-refractivity contribution in [2.45, 2.75) is 53.2 Å². The van der Waals surface area contributed by atoms with Crippen molar-refractivity contribution >= 4 is 0 Å². The standard InChI is InChI=1S/C18H27N3O2/c1-4-15-6-8-16(9-7-15)23-11-5-10-21-18(12-14(2)3)17(13-22)19-20-21/h6-9,14,22H,4-5,10-13H2,1-3H3. The molecule has 2 rings (SSSR count). The molecule has 0 aliphatic heterocycles. The molecule has 126 valence electrons. The lowest BCUT2D eigenvalue weighted by Crippen LogP contribution is -2.11. The Bertz CT molecular complexity index is 591. The van der Waals surface area contributed by atoms with Crippen molar-refractivity contribution in [3.63, 3.8) is 0 Å². The number of hydrogen-bond acceptors (Lipinski definition) is 4. The van der Waals surface area contributed by atoms with Gasteiger partial charge in [-0.15, -0.1) is 5.10 Å². The van der Waals surface area contributed by atoms with Crippen LogP contribution < -0.4 is 4.74 Å². The summed E-state index contributed by atoms with van der Waals surface area (Å²) in [6, 6.07) is 8.23. The van der Waals surface area contributed by atoms with E-state index >= 15 is 0 Å². The number of rotatable bonds is 9. The van der Waals surface area contributed by atoms with Crippen LogP contribution >= 0.6 is 0 Å². The third kappa shape index (κ3) is 5.06. The van der Waals surface area contributed by atoms with Crippen LogP contribution in [0.15, 0.2) is 24.3 Å². The largest absolute Gasteiger partial charge is 0.494 e. The van der Waals surface area contributed by atoms with Crippen LogP contribution in [0.4, 0.5) is 0 Å². The van der Waals surface area contributed by atoms with Crippen molar-refractivity contribution < 1.29 is 9.84 Å². The van der Waals surface area contributed by atoms with Gasteiger partial charge in [-0.2, -0.15) is 0 Å². The molecule has 5 nitrogen and oxygen atoms in total. The van der Waals surface area contributed by atoms with Gasteiger partial charge in [0.25, 0.3) is 0 Å². The van der Waals surface area contributed by atoms with Gasteiger partial charge in [0.1, 0.15) is 11.4 Å². The number of benzene rings is 1. The Kier molecular flexibility index (Phi) is 6.59. The molecule has 0 bridgehead atoms. The summed E-state index contributed by atoms with van der Waals surface area (Å²) in [4.78, 5) is 0. The quantitative estimate of drug-likeness (QED) is 0.722. The highest BCUT2D eigenvalue weighted by Gasteiger charge is 2.13. The predicted molar refractivity (Wildman–Crippen MR) is 90.4 cm³/mol. The predicted octanol–water partition coefficient (Wildman–Crippen LogP) is 3.00. The Labute approximate surface area is 138 Å². The van der Waals surface area contributed by atoms with Crippen LogP contribution in [0.5, 0.6) is 5.75 Å². The minimum Gasteiger partial charge on any atom is -0.494 e. The van der Waals surface area contributed by atoms with Gasteiger partial charge in [-0.25, -0.2) is 4.68 Å². The fourth-order valence-electron chi connectivity index (χ4n) is 2.51. The van der Waals surface area contributed by atoms with Gasteiger partial charge in [0.05, 0.1) is 18.9 Å². The van der Waals surface area contributed by atoms with E-state index in [9.17, 15) is 5.11 Å². The number of hydrogen-bond donors (Lipinski definition) is 1. The monoisotopic (exact) mass is 317 g/mol. The second-order valence-corrected chi connectivity index (χ2v) is 6.16. The molecule has 0 spiro atoms. The molecule has 5 heteroatoms. The Balaban J connectivity index is 1.84. The molecule has 0 radical (unpaired) electrons. The number of ether oxygens (including phenoxy) is 1. The van der Waals surface area contributed by atoms with Crippen LogP contribution in [0.25, 0.3) is 0 Å². The Morgan fingerprint density at radius 3 is 2.57 bits per heavy atom. The average molecular weight is 317 g/mol. The van der Waals surface area contributed by atoms with Gasteiger partial charge in [-0.3, -0.25) is 0 Å². The van der Waals surface area contributed by atoms with E-state index in [0.717, 1.165) is 37.3 Å². The van der Waals surface area contributed by atoms with E-state index in [0.29, 0.717) is 18.2 Å². The lowest BCUT2D eigenvalue weighted by Gasteiger charge is -2.10. The second kappa shape index (κ2) is 8.67. The van der Waals surface area contributed by atoms with Gasteiger partial charge in [0.15, 0.2) is 0 Å². The molecule has 1 heterocycles. The molecule has 1 aromatic heterocycles. The van der Waals surface area contributed by atoms with E-state index in [2.05, 4.69) is 43.2 Å². The Hall–Kier alpha value is -1.88. The van der Waals surface area contributed by atoms with Crippen LogP contribution in [0.3, 0.4) is 0 Å². The van der Waals surface area contributed by atoms with Gasteiger partial charge in [-0.05, 0) is 36.5 Å². The Morgan fingerprint density at radius 1 is 1.22 bits per heavy atom. The molecule has 0 saturated carbocycles. The zero-order valence-electron chi connectivity index (χ0n) is 14.3. The molecule has 23 heavy (non-hydrogen) atoms. The van der Waals surface area contributed by atoms with Crippen LogP contribution in [0, 0.1) is 5.92 Å². The minimum atomic E-state index is -0.0532. The maximum atomic E-state index is 9.37. The molecule has 0 aliphatic carbocycles. The molecular weight excluding hydrogens is 290 g/mol. The van der Waals surface area contributed by atoms with E-state index in [4.69, 9.17) is 4.74 Å². The molecular formula is C18H27N3O2. The third-order valence-corrected chi connectivity index (χ3v) is 3.78. The number of nitrogens with zero attached hydrogens (tertiary/aromatic N) is 3. The van der Waals surface area contributed by atoms with Crippen molar-refractivity contribution in [2.75, 3.05) is 6.61 Å². The van der Waals surface area contributed by atoms with Crippen molar-refractivity contribution in [3.8, 4) is 5.75 Å². The van der Waals surface area contributed by atoms with Crippen molar-refractivity contribution in [1.29, 1.82) is 0 Å². The molecule has 0 saturated heterocycles. The van der Waals surface area contributed by atoms with Gasteiger partial charge < -0.3 is 9.84 Å². The summed E-state index contributed by atoms with van der Waals surface area (Å²) in [7, 11) is 0. The van der Waals surface area contributed by atoms with E-state index in [1.807, 2.05) is 16.8 Å². The molecule has 0 fully saturated rings. The summed E-state index contributed by atoms with van der Waals surface area (Å²) in [6.07, 6.45) is 2.77. The SMILES string of the molecule is CCc1ccc(OCCCn2nnc(CO)c2CC(C)C)cc1. The molecule has 1 N–H and O–H groups in total. The summed E-state index contributed by atoms with van der Waals surface area (Å²) in [6.45, 7) is 7.79. The van der Waals surface area contributed by atoms with Crippen LogP contribution in [-0.4, -0.2) is 26.7 Å². The highest BCUT2D eigenvalue weighted by atomic mass is 16.5. The maximum Gasteiger partial charge on any atom is 0.119 e. The lowest BCUT2D eigenvalue weighted by atomic mass is 10.1.